The molecule has 1 aliphatic heterocycles. The van der Waals surface area contributed by atoms with Crippen molar-refractivity contribution in [2.75, 3.05) is 6.54 Å². The molecule has 0 bridgehead atoms. The maximum atomic E-state index is 4.39. The molecule has 1 aromatic rings. The van der Waals surface area contributed by atoms with Gasteiger partial charge in [0, 0.05) is 12.5 Å². The van der Waals surface area contributed by atoms with E-state index in [0.717, 1.165) is 25.4 Å². The maximum Gasteiger partial charge on any atom is 0.0688 e. The van der Waals surface area contributed by atoms with Crippen molar-refractivity contribution in [3.63, 3.8) is 0 Å². The average Bonchev–Trinajstić information content (AvgIpc) is 2.86. The van der Waals surface area contributed by atoms with Gasteiger partial charge in [-0.1, -0.05) is 0 Å². The highest BCUT2D eigenvalue weighted by molar-refractivity contribution is 5.32. The minimum Gasteiger partial charge on any atom is -0.311 e. The van der Waals surface area contributed by atoms with E-state index in [2.05, 4.69) is 15.5 Å². The summed E-state index contributed by atoms with van der Waals surface area (Å²) in [7, 11) is 0. The Hall–Kier alpha value is -0.830. The van der Waals surface area contributed by atoms with Crippen LogP contribution in [0.2, 0.25) is 0 Å². The van der Waals surface area contributed by atoms with Crippen LogP contribution >= 0.6 is 0 Å². The van der Waals surface area contributed by atoms with Gasteiger partial charge >= 0.3 is 0 Å². The predicted molar refractivity (Wildman–Crippen MR) is 46.0 cm³/mol. The minimum atomic E-state index is 0.795. The van der Waals surface area contributed by atoms with Gasteiger partial charge in [0.2, 0.25) is 0 Å². The van der Waals surface area contributed by atoms with Gasteiger partial charge in [-0.3, -0.25) is 5.10 Å². The third-order valence-electron chi connectivity index (χ3n) is 2.80. The average molecular weight is 163 g/mol. The molecular weight excluding hydrogens is 150 g/mol. The van der Waals surface area contributed by atoms with Crippen molar-refractivity contribution >= 4 is 0 Å². The number of aromatic nitrogens is 2. The van der Waals surface area contributed by atoms with E-state index in [-0.39, 0.29) is 0 Å². The largest absolute Gasteiger partial charge is 0.311 e. The van der Waals surface area contributed by atoms with Gasteiger partial charge in [0.25, 0.3) is 0 Å². The highest BCUT2D eigenvalue weighted by Crippen LogP contribution is 2.41. The summed E-state index contributed by atoms with van der Waals surface area (Å²) in [6, 6.07) is 0. The molecule has 0 unspecified atom stereocenters. The van der Waals surface area contributed by atoms with Crippen LogP contribution in [0, 0.1) is 0 Å². The second-order valence-electron chi connectivity index (χ2n) is 3.77. The molecule has 0 saturated heterocycles. The monoisotopic (exact) mass is 163 g/mol. The third kappa shape index (κ3) is 0.894. The normalized spacial score (nSPS) is 22.3. The molecule has 0 radical (unpaired) electrons. The lowest BCUT2D eigenvalue weighted by Gasteiger charge is -2.12. The Morgan fingerprint density at radius 3 is 3.08 bits per heavy atom. The van der Waals surface area contributed by atoms with Crippen molar-refractivity contribution < 1.29 is 0 Å². The molecule has 0 aromatic carbocycles. The Morgan fingerprint density at radius 1 is 1.33 bits per heavy atom. The fourth-order valence-corrected chi connectivity index (χ4v) is 1.96. The summed E-state index contributed by atoms with van der Waals surface area (Å²) in [5, 5.41) is 10.9. The Balaban J connectivity index is 2.03. The topological polar surface area (TPSA) is 40.7 Å². The lowest BCUT2D eigenvalue weighted by molar-refractivity contribution is 0.631. The Bertz CT molecular complexity index is 299. The van der Waals surface area contributed by atoms with Crippen molar-refractivity contribution in [1.82, 2.24) is 15.5 Å². The van der Waals surface area contributed by atoms with Crippen molar-refractivity contribution in [3.8, 4) is 0 Å². The molecule has 1 saturated carbocycles. The molecule has 1 aliphatic carbocycles. The molecule has 2 aliphatic rings. The highest BCUT2D eigenvalue weighted by Gasteiger charge is 2.30. The van der Waals surface area contributed by atoms with Crippen molar-refractivity contribution in [2.45, 2.75) is 31.7 Å². The Kier molecular flexibility index (Phi) is 1.29. The molecule has 64 valence electrons. The van der Waals surface area contributed by atoms with Crippen LogP contribution in [0.3, 0.4) is 0 Å². The summed E-state index contributed by atoms with van der Waals surface area (Å²) in [6.07, 6.45) is 3.87. The molecule has 2 N–H and O–H groups in total. The summed E-state index contributed by atoms with van der Waals surface area (Å²) in [5.74, 6) is 0.795. The van der Waals surface area contributed by atoms with E-state index in [1.807, 2.05) is 0 Å². The number of hydrogen-bond acceptors (Lipinski definition) is 2. The standard InChI is InChI=1S/C9H13N3/c1-2-6(1)9-7-3-4-10-5-8(7)11-12-9/h6,10H,1-5H2,(H,11,12). The van der Waals surface area contributed by atoms with Gasteiger partial charge in [0.1, 0.15) is 0 Å². The maximum absolute atomic E-state index is 4.39. The number of fused-ring (bicyclic) bond motifs is 1. The van der Waals surface area contributed by atoms with Crippen molar-refractivity contribution in [3.05, 3.63) is 17.0 Å². The first-order valence-electron chi connectivity index (χ1n) is 4.72. The molecular formula is C9H13N3. The van der Waals surface area contributed by atoms with E-state index < -0.39 is 0 Å². The van der Waals surface area contributed by atoms with Crippen LogP contribution in [0.25, 0.3) is 0 Å². The number of hydrogen-bond donors (Lipinski definition) is 2. The van der Waals surface area contributed by atoms with Crippen LogP contribution in [0.15, 0.2) is 0 Å². The third-order valence-corrected chi connectivity index (χ3v) is 2.80. The fourth-order valence-electron chi connectivity index (χ4n) is 1.96. The van der Waals surface area contributed by atoms with Gasteiger partial charge in [0.15, 0.2) is 0 Å². The van der Waals surface area contributed by atoms with Crippen LogP contribution in [-0.4, -0.2) is 16.7 Å². The highest BCUT2D eigenvalue weighted by atomic mass is 15.1. The Labute approximate surface area is 71.6 Å². The van der Waals surface area contributed by atoms with Gasteiger partial charge < -0.3 is 5.32 Å². The second kappa shape index (κ2) is 2.33. The lowest BCUT2D eigenvalue weighted by atomic mass is 10.0. The van der Waals surface area contributed by atoms with Gasteiger partial charge in [-0.2, -0.15) is 5.10 Å². The van der Waals surface area contributed by atoms with E-state index in [4.69, 9.17) is 0 Å². The van der Waals surface area contributed by atoms with Crippen LogP contribution < -0.4 is 5.32 Å². The SMILES string of the molecule is C1Cc2c(C3CC3)n[nH]c2CN1. The predicted octanol–water partition coefficient (Wildman–Crippen LogP) is 0.933. The van der Waals surface area contributed by atoms with Crippen molar-refractivity contribution in [2.24, 2.45) is 0 Å². The zero-order chi connectivity index (χ0) is 7.97. The van der Waals surface area contributed by atoms with Gasteiger partial charge in [-0.15, -0.1) is 0 Å². The van der Waals surface area contributed by atoms with Crippen molar-refractivity contribution in [1.29, 1.82) is 0 Å². The van der Waals surface area contributed by atoms with E-state index in [1.54, 1.807) is 0 Å². The molecule has 2 heterocycles. The summed E-state index contributed by atoms with van der Waals surface area (Å²) >= 11 is 0. The van der Waals surface area contributed by atoms with Gasteiger partial charge in [-0.25, -0.2) is 0 Å². The summed E-state index contributed by atoms with van der Waals surface area (Å²) < 4.78 is 0. The first-order chi connectivity index (χ1) is 5.95. The minimum absolute atomic E-state index is 0.795. The van der Waals surface area contributed by atoms with E-state index in [0.29, 0.717) is 0 Å². The summed E-state index contributed by atoms with van der Waals surface area (Å²) in [4.78, 5) is 0. The Morgan fingerprint density at radius 2 is 2.25 bits per heavy atom. The molecule has 3 rings (SSSR count). The number of H-pyrrole nitrogens is 1. The van der Waals surface area contributed by atoms with E-state index in [9.17, 15) is 0 Å². The number of rotatable bonds is 1. The lowest BCUT2D eigenvalue weighted by Crippen LogP contribution is -2.23. The van der Waals surface area contributed by atoms with Crippen LogP contribution in [-0.2, 0) is 13.0 Å². The molecule has 3 nitrogen and oxygen atoms in total. The smallest absolute Gasteiger partial charge is 0.0688 e. The molecule has 0 atom stereocenters. The van der Waals surface area contributed by atoms with E-state index in [1.165, 1.54) is 29.8 Å². The molecule has 0 amide bonds. The zero-order valence-electron chi connectivity index (χ0n) is 7.06. The number of nitrogens with zero attached hydrogens (tertiary/aromatic N) is 1. The molecule has 3 heteroatoms. The molecule has 0 spiro atoms. The van der Waals surface area contributed by atoms with Crippen LogP contribution in [0.1, 0.15) is 35.7 Å². The van der Waals surface area contributed by atoms with Crippen LogP contribution in [0.4, 0.5) is 0 Å². The first kappa shape index (κ1) is 6.66. The summed E-state index contributed by atoms with van der Waals surface area (Å²) in [5.41, 5.74) is 4.20. The first-order valence-corrected chi connectivity index (χ1v) is 4.72. The zero-order valence-corrected chi connectivity index (χ0v) is 7.06. The van der Waals surface area contributed by atoms with Crippen LogP contribution in [0.5, 0.6) is 0 Å². The number of nitrogens with one attached hydrogen (secondary N) is 2. The molecule has 12 heavy (non-hydrogen) atoms. The summed E-state index contributed by atoms with van der Waals surface area (Å²) in [6.45, 7) is 2.10. The van der Waals surface area contributed by atoms with Gasteiger partial charge in [0.05, 0.1) is 11.4 Å². The fraction of sp³-hybridized carbons (Fsp3) is 0.667. The quantitative estimate of drug-likeness (QED) is 0.646. The second-order valence-corrected chi connectivity index (χ2v) is 3.77. The van der Waals surface area contributed by atoms with Gasteiger partial charge in [-0.05, 0) is 31.4 Å². The molecule has 1 aromatic heterocycles. The molecule has 1 fully saturated rings. The number of aromatic amines is 1. The van der Waals surface area contributed by atoms with E-state index >= 15 is 0 Å².